The Balaban J connectivity index is 2.22. The van der Waals surface area contributed by atoms with E-state index >= 15 is 0 Å². The van der Waals surface area contributed by atoms with E-state index in [0.717, 1.165) is 17.5 Å². The van der Waals surface area contributed by atoms with Gasteiger partial charge in [-0.3, -0.25) is 0 Å². The Labute approximate surface area is 84.1 Å². The van der Waals surface area contributed by atoms with Gasteiger partial charge in [-0.2, -0.15) is 0 Å². The van der Waals surface area contributed by atoms with E-state index < -0.39 is 6.17 Å². The maximum Gasteiger partial charge on any atom is 0.111 e. The van der Waals surface area contributed by atoms with Crippen LogP contribution < -0.4 is 0 Å². The predicted molar refractivity (Wildman–Crippen MR) is 55.9 cm³/mol. The van der Waals surface area contributed by atoms with Crippen molar-refractivity contribution in [3.8, 4) is 12.3 Å². The zero-order chi connectivity index (χ0) is 9.97. The van der Waals surface area contributed by atoms with Gasteiger partial charge in [0, 0.05) is 18.8 Å². The molecule has 0 unspecified atom stereocenters. The van der Waals surface area contributed by atoms with Gasteiger partial charge in [-0.15, -0.1) is 12.3 Å². The molecule has 2 rings (SSSR count). The van der Waals surface area contributed by atoms with Gasteiger partial charge in [0.2, 0.25) is 0 Å². The predicted octanol–water partition coefficient (Wildman–Crippen LogP) is 3.08. The van der Waals surface area contributed by atoms with Gasteiger partial charge in [0.25, 0.3) is 0 Å². The van der Waals surface area contributed by atoms with Crippen LogP contribution in [-0.2, 0) is 6.42 Å². The minimum atomic E-state index is -0.735. The van der Waals surface area contributed by atoms with E-state index in [2.05, 4.69) is 5.92 Å². The summed E-state index contributed by atoms with van der Waals surface area (Å²) in [5.41, 5.74) is 2.32. The molecule has 1 aliphatic rings. The van der Waals surface area contributed by atoms with Gasteiger partial charge in [0.1, 0.15) is 6.17 Å². The molecule has 1 heteroatoms. The molecule has 1 aromatic carbocycles. The third kappa shape index (κ3) is 1.53. The van der Waals surface area contributed by atoms with Crippen LogP contribution in [-0.4, -0.2) is 6.17 Å². The Hall–Kier alpha value is -1.29. The van der Waals surface area contributed by atoms with Gasteiger partial charge in [-0.1, -0.05) is 24.3 Å². The van der Waals surface area contributed by atoms with E-state index in [1.165, 1.54) is 0 Å². The summed E-state index contributed by atoms with van der Waals surface area (Å²) >= 11 is 0. The molecule has 2 atom stereocenters. The summed E-state index contributed by atoms with van der Waals surface area (Å²) in [5.74, 6) is 2.61. The van der Waals surface area contributed by atoms with Crippen molar-refractivity contribution < 1.29 is 4.39 Å². The topological polar surface area (TPSA) is 0 Å². The molecule has 0 aromatic heterocycles. The standard InChI is InChI=1S/C13H13F/c1-2-3-7-12-11-8-5-4-6-10(11)9-13(12)14/h1,4-6,8,12-13H,3,7,9H2/t12-,13-/m0/s1/i14-1. The molecule has 0 bridgehead atoms. The summed E-state index contributed by atoms with van der Waals surface area (Å²) in [6.07, 6.45) is 6.46. The van der Waals surface area contributed by atoms with Gasteiger partial charge < -0.3 is 0 Å². The average molecular weight is 187 g/mol. The number of hydrogen-bond acceptors (Lipinski definition) is 0. The van der Waals surface area contributed by atoms with Crippen LogP contribution >= 0.6 is 0 Å². The van der Waals surface area contributed by atoms with Crippen molar-refractivity contribution >= 4 is 0 Å². The second kappa shape index (κ2) is 3.84. The Bertz CT molecular complexity index is 362. The van der Waals surface area contributed by atoms with Crippen molar-refractivity contribution in [3.05, 3.63) is 35.4 Å². The van der Waals surface area contributed by atoms with Crippen molar-refractivity contribution in [2.75, 3.05) is 0 Å². The molecule has 0 fully saturated rings. The molecule has 0 nitrogen and oxygen atoms in total. The molecule has 1 aliphatic carbocycles. The molecule has 0 heterocycles. The molecular weight excluding hydrogens is 174 g/mol. The van der Waals surface area contributed by atoms with E-state index in [9.17, 15) is 4.39 Å². The minimum Gasteiger partial charge on any atom is -0.246 e. The number of benzene rings is 1. The van der Waals surface area contributed by atoms with Crippen LogP contribution in [0.4, 0.5) is 4.39 Å². The Kier molecular flexibility index (Phi) is 2.54. The number of hydrogen-bond donors (Lipinski definition) is 0. The minimum absolute atomic E-state index is 0.0299. The first kappa shape index (κ1) is 9.27. The summed E-state index contributed by atoms with van der Waals surface area (Å²) in [6, 6.07) is 7.97. The van der Waals surface area contributed by atoms with Crippen LogP contribution in [0.5, 0.6) is 0 Å². The van der Waals surface area contributed by atoms with E-state index in [0.29, 0.717) is 12.8 Å². The lowest BCUT2D eigenvalue weighted by Crippen LogP contribution is -2.07. The monoisotopic (exact) mass is 187 g/mol. The first-order valence-electron chi connectivity index (χ1n) is 4.98. The second-order valence-corrected chi connectivity index (χ2v) is 3.77. The quantitative estimate of drug-likeness (QED) is 0.624. The highest BCUT2D eigenvalue weighted by molar-refractivity contribution is 5.36. The molecule has 0 spiro atoms. The van der Waals surface area contributed by atoms with Crippen molar-refractivity contribution in [1.82, 2.24) is 0 Å². The smallest absolute Gasteiger partial charge is 0.111 e. The summed E-state index contributed by atoms with van der Waals surface area (Å²) in [5, 5.41) is 0. The first-order valence-corrected chi connectivity index (χ1v) is 4.98. The maximum absolute atomic E-state index is 13.6. The van der Waals surface area contributed by atoms with E-state index in [4.69, 9.17) is 6.42 Å². The van der Waals surface area contributed by atoms with Gasteiger partial charge >= 0.3 is 0 Å². The maximum atomic E-state index is 13.6. The molecule has 0 N–H and O–H groups in total. The summed E-state index contributed by atoms with van der Waals surface area (Å²) in [6.45, 7) is 0. The van der Waals surface area contributed by atoms with Crippen LogP contribution in [0.2, 0.25) is 0 Å². The zero-order valence-corrected chi connectivity index (χ0v) is 8.04. The highest BCUT2D eigenvalue weighted by Crippen LogP contribution is 2.37. The van der Waals surface area contributed by atoms with E-state index in [1.807, 2.05) is 24.3 Å². The van der Waals surface area contributed by atoms with E-state index in [1.54, 1.807) is 0 Å². The fourth-order valence-corrected chi connectivity index (χ4v) is 2.20. The van der Waals surface area contributed by atoms with Gasteiger partial charge in [-0.25, -0.2) is 4.39 Å². The van der Waals surface area contributed by atoms with E-state index in [-0.39, 0.29) is 5.92 Å². The lowest BCUT2D eigenvalue weighted by atomic mass is 9.95. The van der Waals surface area contributed by atoms with Gasteiger partial charge in [0.15, 0.2) is 0 Å². The summed E-state index contributed by atoms with van der Waals surface area (Å²) in [7, 11) is 0. The molecule has 72 valence electrons. The number of alkyl halides is 1. The van der Waals surface area contributed by atoms with Crippen molar-refractivity contribution in [1.29, 1.82) is 0 Å². The fourth-order valence-electron chi connectivity index (χ4n) is 2.20. The fraction of sp³-hybridized carbons (Fsp3) is 0.385. The Morgan fingerprint density at radius 3 is 3.00 bits per heavy atom. The molecule has 0 saturated carbocycles. The molecule has 0 amide bonds. The molecule has 1 aromatic rings. The average Bonchev–Trinajstić information content (AvgIpc) is 2.51. The number of halogens is 1. The van der Waals surface area contributed by atoms with Crippen molar-refractivity contribution in [2.45, 2.75) is 31.4 Å². The lowest BCUT2D eigenvalue weighted by Gasteiger charge is -2.11. The molecular formula is C13H13F. The Morgan fingerprint density at radius 1 is 1.43 bits per heavy atom. The third-order valence-electron chi connectivity index (χ3n) is 2.91. The SMILES string of the molecule is C#CCC[C@H]1c2ccccc2C[C@@H]1[18F]. The highest BCUT2D eigenvalue weighted by Gasteiger charge is 2.31. The van der Waals surface area contributed by atoms with Crippen LogP contribution in [0.25, 0.3) is 0 Å². The van der Waals surface area contributed by atoms with Gasteiger partial charge in [0.05, 0.1) is 0 Å². The zero-order valence-electron chi connectivity index (χ0n) is 8.04. The summed E-state index contributed by atoms with van der Waals surface area (Å²) in [4.78, 5) is 0. The van der Waals surface area contributed by atoms with Crippen LogP contribution in [0.3, 0.4) is 0 Å². The van der Waals surface area contributed by atoms with Crippen LogP contribution in [0.15, 0.2) is 24.3 Å². The molecule has 0 saturated heterocycles. The largest absolute Gasteiger partial charge is 0.246 e. The van der Waals surface area contributed by atoms with Crippen molar-refractivity contribution in [3.63, 3.8) is 0 Å². The van der Waals surface area contributed by atoms with Crippen molar-refractivity contribution in [2.24, 2.45) is 0 Å². The van der Waals surface area contributed by atoms with Crippen LogP contribution in [0.1, 0.15) is 29.9 Å². The Morgan fingerprint density at radius 2 is 2.21 bits per heavy atom. The first-order chi connectivity index (χ1) is 6.83. The number of fused-ring (bicyclic) bond motifs is 1. The molecule has 0 radical (unpaired) electrons. The highest BCUT2D eigenvalue weighted by atomic mass is 18.2. The lowest BCUT2D eigenvalue weighted by molar-refractivity contribution is 0.292. The summed E-state index contributed by atoms with van der Waals surface area (Å²) < 4.78 is 13.6. The van der Waals surface area contributed by atoms with Gasteiger partial charge in [-0.05, 0) is 17.5 Å². The number of terminal acetylenes is 1. The second-order valence-electron chi connectivity index (χ2n) is 3.77. The number of rotatable bonds is 2. The molecule has 14 heavy (non-hydrogen) atoms. The third-order valence-corrected chi connectivity index (χ3v) is 2.91. The normalized spacial score (nSPS) is 24.3. The van der Waals surface area contributed by atoms with Crippen LogP contribution in [0, 0.1) is 12.3 Å². The molecule has 0 aliphatic heterocycles.